The third-order valence-corrected chi connectivity index (χ3v) is 4.45. The van der Waals surface area contributed by atoms with Crippen LogP contribution in [0.4, 0.5) is 0 Å². The van der Waals surface area contributed by atoms with Gasteiger partial charge in [-0.05, 0) is 38.5 Å². The molecule has 5 unspecified atom stereocenters. The van der Waals surface area contributed by atoms with Gasteiger partial charge in [-0.3, -0.25) is 0 Å². The van der Waals surface area contributed by atoms with Gasteiger partial charge in [-0.15, -0.1) is 0 Å². The van der Waals surface area contributed by atoms with Gasteiger partial charge in [0.15, 0.2) is 0 Å². The van der Waals surface area contributed by atoms with Gasteiger partial charge < -0.3 is 45.2 Å². The molecule has 0 aromatic rings. The minimum atomic E-state index is -0.745. The summed E-state index contributed by atoms with van der Waals surface area (Å²) in [4.78, 5) is 0. The molecular weight excluding hydrogens is 372 g/mol. The van der Waals surface area contributed by atoms with Crippen LogP contribution in [0, 0.1) is 0 Å². The number of rotatable bonds is 14. The number of hydrogen-bond acceptors (Lipinski definition) is 9. The van der Waals surface area contributed by atoms with E-state index in [0.717, 1.165) is 44.9 Å². The largest absolute Gasteiger partial charge is 0.396 e. The van der Waals surface area contributed by atoms with Crippen LogP contribution in [0.2, 0.25) is 0 Å². The SMILES string of the molecule is OCC1OC1CCCC1OC1CO.OCCC(O)CO.OCCCCCCO. The van der Waals surface area contributed by atoms with Crippen LogP contribution < -0.4 is 0 Å². The van der Waals surface area contributed by atoms with E-state index >= 15 is 0 Å². The first-order chi connectivity index (χ1) is 13.6. The second kappa shape index (κ2) is 18.7. The van der Waals surface area contributed by atoms with Crippen molar-refractivity contribution in [2.45, 2.75) is 81.9 Å². The Morgan fingerprint density at radius 1 is 0.571 bits per heavy atom. The van der Waals surface area contributed by atoms with E-state index in [-0.39, 0.29) is 70.5 Å². The van der Waals surface area contributed by atoms with Crippen LogP contribution in [0.1, 0.15) is 51.4 Å². The number of ether oxygens (including phenoxy) is 2. The van der Waals surface area contributed by atoms with E-state index in [9.17, 15) is 0 Å². The number of hydrogen-bond donors (Lipinski definition) is 7. The molecule has 2 saturated heterocycles. The van der Waals surface area contributed by atoms with Crippen molar-refractivity contribution in [2.24, 2.45) is 0 Å². The van der Waals surface area contributed by atoms with Crippen molar-refractivity contribution in [1.29, 1.82) is 0 Å². The van der Waals surface area contributed by atoms with E-state index in [4.69, 9.17) is 45.2 Å². The van der Waals surface area contributed by atoms with Crippen LogP contribution in [-0.4, -0.2) is 106 Å². The molecule has 0 aromatic heterocycles. The fourth-order valence-corrected chi connectivity index (χ4v) is 2.53. The molecule has 0 amide bonds. The molecule has 0 aliphatic carbocycles. The zero-order valence-electron chi connectivity index (χ0n) is 16.7. The zero-order valence-corrected chi connectivity index (χ0v) is 16.7. The Morgan fingerprint density at radius 3 is 1.29 bits per heavy atom. The second-order valence-corrected chi connectivity index (χ2v) is 6.93. The van der Waals surface area contributed by atoms with Gasteiger partial charge in [-0.25, -0.2) is 0 Å². The Labute approximate surface area is 167 Å². The van der Waals surface area contributed by atoms with Crippen LogP contribution in [0.25, 0.3) is 0 Å². The molecule has 5 atom stereocenters. The predicted octanol–water partition coefficient (Wildman–Crippen LogP) is -1.07. The molecule has 28 heavy (non-hydrogen) atoms. The van der Waals surface area contributed by atoms with Crippen molar-refractivity contribution < 1.29 is 45.2 Å². The van der Waals surface area contributed by atoms with Crippen LogP contribution in [0.5, 0.6) is 0 Å². The third-order valence-electron chi connectivity index (χ3n) is 4.45. The summed E-state index contributed by atoms with van der Waals surface area (Å²) in [6.07, 6.45) is 7.14. The van der Waals surface area contributed by atoms with E-state index in [1.807, 2.05) is 0 Å². The van der Waals surface area contributed by atoms with Gasteiger partial charge in [0, 0.05) is 19.8 Å². The fraction of sp³-hybridized carbons (Fsp3) is 1.00. The lowest BCUT2D eigenvalue weighted by atomic mass is 10.1. The summed E-state index contributed by atoms with van der Waals surface area (Å²) in [6.45, 7) is 0.521. The van der Waals surface area contributed by atoms with Crippen molar-refractivity contribution in [3.63, 3.8) is 0 Å². The number of aliphatic hydroxyl groups excluding tert-OH is 7. The Hall–Kier alpha value is -0.360. The zero-order chi connectivity index (χ0) is 21.2. The summed E-state index contributed by atoms with van der Waals surface area (Å²) in [5.74, 6) is 0. The van der Waals surface area contributed by atoms with Gasteiger partial charge in [-0.1, -0.05) is 12.8 Å². The molecule has 2 rings (SSSR count). The summed E-state index contributed by atoms with van der Waals surface area (Å²) >= 11 is 0. The normalized spacial score (nSPS) is 25.8. The molecule has 0 bridgehead atoms. The first-order valence-electron chi connectivity index (χ1n) is 10.2. The molecule has 0 saturated carbocycles. The van der Waals surface area contributed by atoms with Crippen molar-refractivity contribution in [1.82, 2.24) is 0 Å². The average Bonchev–Trinajstić information content (AvgIpc) is 3.62. The van der Waals surface area contributed by atoms with E-state index < -0.39 is 6.10 Å². The fourth-order valence-electron chi connectivity index (χ4n) is 2.53. The van der Waals surface area contributed by atoms with E-state index in [0.29, 0.717) is 0 Å². The van der Waals surface area contributed by atoms with Gasteiger partial charge in [0.05, 0.1) is 38.1 Å². The highest BCUT2D eigenvalue weighted by atomic mass is 16.6. The monoisotopic (exact) mass is 412 g/mol. The molecule has 170 valence electrons. The van der Waals surface area contributed by atoms with E-state index in [2.05, 4.69) is 0 Å². The minimum absolute atomic E-state index is 0.0677. The predicted molar refractivity (Wildman–Crippen MR) is 103 cm³/mol. The van der Waals surface area contributed by atoms with Gasteiger partial charge in [-0.2, -0.15) is 0 Å². The highest BCUT2D eigenvalue weighted by Gasteiger charge is 2.40. The smallest absolute Gasteiger partial charge is 0.107 e. The molecule has 9 heteroatoms. The number of unbranched alkanes of at least 4 members (excludes halogenated alkanes) is 3. The molecule has 9 nitrogen and oxygen atoms in total. The minimum Gasteiger partial charge on any atom is -0.396 e. The van der Waals surface area contributed by atoms with Gasteiger partial charge in [0.25, 0.3) is 0 Å². The Kier molecular flexibility index (Phi) is 18.4. The Bertz CT molecular complexity index is 309. The average molecular weight is 413 g/mol. The van der Waals surface area contributed by atoms with Crippen LogP contribution >= 0.6 is 0 Å². The standard InChI is InChI=1S/C9H16O4.C6H14O2.C4H10O3/c10-4-8-6(12-8)2-1-3-7-9(5-11)13-7;7-5-3-1-2-4-6-8;5-2-1-4(7)3-6/h6-11H,1-5H2;7-8H,1-6H2;4-7H,1-3H2. The first kappa shape index (κ1) is 27.6. The van der Waals surface area contributed by atoms with Crippen molar-refractivity contribution >= 4 is 0 Å². The topological polar surface area (TPSA) is 167 Å². The summed E-state index contributed by atoms with van der Waals surface area (Å²) in [5, 5.41) is 58.6. The summed E-state index contributed by atoms with van der Waals surface area (Å²) in [7, 11) is 0. The lowest BCUT2D eigenvalue weighted by Crippen LogP contribution is -2.12. The Balaban J connectivity index is 0.000000424. The number of aliphatic hydroxyl groups is 7. The van der Waals surface area contributed by atoms with E-state index in [1.165, 1.54) is 0 Å². The molecule has 0 spiro atoms. The molecular formula is C19H40O9. The molecule has 2 aliphatic heterocycles. The second-order valence-electron chi connectivity index (χ2n) is 6.93. The van der Waals surface area contributed by atoms with Gasteiger partial charge in [0.1, 0.15) is 12.2 Å². The third kappa shape index (κ3) is 15.5. The summed E-state index contributed by atoms with van der Waals surface area (Å²) in [6, 6.07) is 0. The maximum absolute atomic E-state index is 8.69. The van der Waals surface area contributed by atoms with Crippen molar-refractivity contribution in [3.05, 3.63) is 0 Å². The summed E-state index contributed by atoms with van der Waals surface area (Å²) in [5.41, 5.74) is 0. The van der Waals surface area contributed by atoms with Crippen molar-refractivity contribution in [3.8, 4) is 0 Å². The van der Waals surface area contributed by atoms with Crippen molar-refractivity contribution in [2.75, 3.05) is 39.6 Å². The number of epoxide rings is 2. The van der Waals surface area contributed by atoms with E-state index in [1.54, 1.807) is 0 Å². The maximum Gasteiger partial charge on any atom is 0.107 e. The molecule has 0 radical (unpaired) electrons. The lowest BCUT2D eigenvalue weighted by Gasteiger charge is -2.00. The first-order valence-corrected chi connectivity index (χ1v) is 10.2. The Morgan fingerprint density at radius 2 is 1.04 bits per heavy atom. The molecule has 7 N–H and O–H groups in total. The molecule has 2 heterocycles. The maximum atomic E-state index is 8.69. The molecule has 2 aliphatic rings. The quantitative estimate of drug-likeness (QED) is 0.139. The van der Waals surface area contributed by atoms with Gasteiger partial charge in [0.2, 0.25) is 0 Å². The summed E-state index contributed by atoms with van der Waals surface area (Å²) < 4.78 is 10.4. The van der Waals surface area contributed by atoms with Crippen LogP contribution in [0.15, 0.2) is 0 Å². The highest BCUT2D eigenvalue weighted by molar-refractivity contribution is 4.87. The molecule has 0 aromatic carbocycles. The van der Waals surface area contributed by atoms with Gasteiger partial charge >= 0.3 is 0 Å². The molecule has 2 fully saturated rings. The lowest BCUT2D eigenvalue weighted by molar-refractivity contribution is 0.0721. The highest BCUT2D eigenvalue weighted by Crippen LogP contribution is 2.30. The van der Waals surface area contributed by atoms with Crippen LogP contribution in [-0.2, 0) is 9.47 Å². The van der Waals surface area contributed by atoms with Crippen LogP contribution in [0.3, 0.4) is 0 Å².